The van der Waals surface area contributed by atoms with Crippen LogP contribution in [0.2, 0.25) is 0 Å². The number of rotatable bonds is 2. The first-order chi connectivity index (χ1) is 6.83. The van der Waals surface area contributed by atoms with Crippen LogP contribution in [0, 0.1) is 22.8 Å². The van der Waals surface area contributed by atoms with Gasteiger partial charge in [-0.15, -0.1) is 6.42 Å². The Bertz CT molecular complexity index is 423. The molecule has 0 aliphatic rings. The average Bonchev–Trinajstić information content (AvgIpc) is 2.08. The summed E-state index contributed by atoms with van der Waals surface area (Å²) in [5, 5.41) is 0. The van der Waals surface area contributed by atoms with Gasteiger partial charge in [-0.25, -0.2) is 0 Å². The number of halogens is 4. The van der Waals surface area contributed by atoms with E-state index in [1.165, 1.54) is 12.1 Å². The molecule has 0 aliphatic carbocycles. The SMILES string of the molecule is C#Cc1cc(C[B-](F)(F)F)cc(I)c1C.[K+]. The quantitative estimate of drug-likeness (QED) is 0.409. The van der Waals surface area contributed by atoms with Crippen LogP contribution in [0.3, 0.4) is 0 Å². The minimum atomic E-state index is -4.80. The average molecular weight is 362 g/mol. The number of benzene rings is 1. The van der Waals surface area contributed by atoms with Gasteiger partial charge in [0, 0.05) is 9.13 Å². The summed E-state index contributed by atoms with van der Waals surface area (Å²) in [5.41, 5.74) is 1.64. The van der Waals surface area contributed by atoms with E-state index in [-0.39, 0.29) is 56.9 Å². The third-order valence-electron chi connectivity index (χ3n) is 2.03. The van der Waals surface area contributed by atoms with Gasteiger partial charge in [0.2, 0.25) is 0 Å². The molecule has 0 fully saturated rings. The van der Waals surface area contributed by atoms with E-state index in [4.69, 9.17) is 6.42 Å². The minimum Gasteiger partial charge on any atom is -0.449 e. The van der Waals surface area contributed by atoms with Crippen LogP contribution in [-0.2, 0) is 6.32 Å². The van der Waals surface area contributed by atoms with Crippen molar-refractivity contribution in [2.45, 2.75) is 13.2 Å². The Morgan fingerprint density at radius 3 is 2.38 bits per heavy atom. The first-order valence-corrected chi connectivity index (χ1v) is 5.38. The summed E-state index contributed by atoms with van der Waals surface area (Å²) in [7, 11) is 0. The molecule has 1 rings (SSSR count). The van der Waals surface area contributed by atoms with E-state index in [0.29, 0.717) is 5.56 Å². The monoisotopic (exact) mass is 362 g/mol. The van der Waals surface area contributed by atoms with Crippen molar-refractivity contribution in [3.63, 3.8) is 0 Å². The number of hydrogen-bond donors (Lipinski definition) is 0. The Labute approximate surface area is 149 Å². The van der Waals surface area contributed by atoms with Gasteiger partial charge >= 0.3 is 58.4 Å². The topological polar surface area (TPSA) is 0 Å². The second kappa shape index (κ2) is 6.81. The van der Waals surface area contributed by atoms with Crippen LogP contribution in [0.4, 0.5) is 12.9 Å². The normalized spacial score (nSPS) is 10.5. The molecule has 0 spiro atoms. The van der Waals surface area contributed by atoms with Crippen molar-refractivity contribution in [2.24, 2.45) is 0 Å². The predicted octanol–water partition coefficient (Wildman–Crippen LogP) is 0.514. The molecule has 0 heterocycles. The molecule has 0 saturated carbocycles. The molecule has 0 radical (unpaired) electrons. The standard InChI is InChI=1S/C10H8BF3I.K/c1-3-9-4-8(6-11(12,13)14)5-10(15)7(9)2;/h1,4-5H,6H2,2H3;/q-1;+1. The third-order valence-corrected chi connectivity index (χ3v) is 3.15. The molecule has 6 heteroatoms. The van der Waals surface area contributed by atoms with Gasteiger partial charge in [-0.2, -0.15) is 0 Å². The predicted molar refractivity (Wildman–Crippen MR) is 64.6 cm³/mol. The largest absolute Gasteiger partial charge is 1.00 e. The van der Waals surface area contributed by atoms with E-state index >= 15 is 0 Å². The molecule has 0 aromatic heterocycles. The van der Waals surface area contributed by atoms with Crippen molar-refractivity contribution in [1.82, 2.24) is 0 Å². The second-order valence-electron chi connectivity index (χ2n) is 3.31. The Balaban J connectivity index is 0.00000225. The van der Waals surface area contributed by atoms with E-state index < -0.39 is 13.3 Å². The van der Waals surface area contributed by atoms with E-state index in [2.05, 4.69) is 5.92 Å². The molecule has 80 valence electrons. The van der Waals surface area contributed by atoms with Crippen molar-refractivity contribution < 1.29 is 64.3 Å². The molecule has 0 amide bonds. The first kappa shape index (κ1) is 17.0. The van der Waals surface area contributed by atoms with Crippen molar-refractivity contribution in [3.8, 4) is 12.3 Å². The maximum Gasteiger partial charge on any atom is 1.00 e. The molecular formula is C10H8BF3IK. The maximum atomic E-state index is 12.2. The molecule has 0 unspecified atom stereocenters. The van der Waals surface area contributed by atoms with E-state index in [9.17, 15) is 12.9 Å². The molecule has 16 heavy (non-hydrogen) atoms. The fourth-order valence-corrected chi connectivity index (χ4v) is 1.96. The summed E-state index contributed by atoms with van der Waals surface area (Å²) >= 11 is 1.99. The van der Waals surface area contributed by atoms with Gasteiger partial charge in [-0.05, 0) is 47.2 Å². The zero-order valence-electron chi connectivity index (χ0n) is 9.03. The van der Waals surface area contributed by atoms with Crippen LogP contribution in [0.15, 0.2) is 12.1 Å². The van der Waals surface area contributed by atoms with Gasteiger partial charge in [0.05, 0.1) is 0 Å². The summed E-state index contributed by atoms with van der Waals surface area (Å²) in [6.45, 7) is -3.00. The number of hydrogen-bond acceptors (Lipinski definition) is 0. The van der Waals surface area contributed by atoms with Crippen LogP contribution in [0.25, 0.3) is 0 Å². The Morgan fingerprint density at radius 2 is 1.94 bits per heavy atom. The Hall–Kier alpha value is 1.00. The van der Waals surface area contributed by atoms with Gasteiger partial charge in [0.1, 0.15) is 0 Å². The van der Waals surface area contributed by atoms with Gasteiger partial charge in [-0.1, -0.05) is 17.8 Å². The van der Waals surface area contributed by atoms with Crippen molar-refractivity contribution >= 4 is 29.6 Å². The summed E-state index contributed by atoms with van der Waals surface area (Å²) in [4.78, 5) is 0. The van der Waals surface area contributed by atoms with Gasteiger partial charge in [-0.3, -0.25) is 0 Å². The summed E-state index contributed by atoms with van der Waals surface area (Å²) < 4.78 is 37.4. The zero-order chi connectivity index (χ0) is 11.6. The molecule has 0 atom stereocenters. The van der Waals surface area contributed by atoms with Crippen LogP contribution < -0.4 is 51.4 Å². The van der Waals surface area contributed by atoms with Crippen molar-refractivity contribution in [1.29, 1.82) is 0 Å². The zero-order valence-corrected chi connectivity index (χ0v) is 14.3. The molecule has 1 aromatic rings. The van der Waals surface area contributed by atoms with E-state index in [1.54, 1.807) is 6.92 Å². The Morgan fingerprint density at radius 1 is 1.38 bits per heavy atom. The van der Waals surface area contributed by atoms with E-state index in [0.717, 1.165) is 9.13 Å². The van der Waals surface area contributed by atoms with Crippen molar-refractivity contribution in [3.05, 3.63) is 32.4 Å². The summed E-state index contributed by atoms with van der Waals surface area (Å²) in [6.07, 6.45) is 4.35. The molecule has 0 nitrogen and oxygen atoms in total. The first-order valence-electron chi connectivity index (χ1n) is 4.30. The fraction of sp³-hybridized carbons (Fsp3) is 0.200. The molecule has 0 saturated heterocycles. The van der Waals surface area contributed by atoms with Gasteiger partial charge in [0.25, 0.3) is 0 Å². The third kappa shape index (κ3) is 5.11. The van der Waals surface area contributed by atoms with Crippen LogP contribution in [-0.4, -0.2) is 6.98 Å². The summed E-state index contributed by atoms with van der Waals surface area (Å²) in [5.74, 6) is 2.40. The molecule has 0 aliphatic heterocycles. The fourth-order valence-electron chi connectivity index (χ4n) is 1.27. The smallest absolute Gasteiger partial charge is 0.449 e. The van der Waals surface area contributed by atoms with E-state index in [1.807, 2.05) is 22.6 Å². The van der Waals surface area contributed by atoms with Crippen LogP contribution in [0.5, 0.6) is 0 Å². The maximum absolute atomic E-state index is 12.2. The molecule has 0 N–H and O–H groups in total. The number of terminal acetylenes is 1. The second-order valence-corrected chi connectivity index (χ2v) is 4.47. The van der Waals surface area contributed by atoms with Crippen molar-refractivity contribution in [2.75, 3.05) is 0 Å². The molecular weight excluding hydrogens is 354 g/mol. The molecule has 1 aromatic carbocycles. The molecule has 0 bridgehead atoms. The minimum absolute atomic E-state index is 0. The van der Waals surface area contributed by atoms with Crippen LogP contribution >= 0.6 is 22.6 Å². The van der Waals surface area contributed by atoms with Gasteiger partial charge in [0.15, 0.2) is 0 Å². The Kier molecular flexibility index (Phi) is 7.23. The van der Waals surface area contributed by atoms with Crippen LogP contribution in [0.1, 0.15) is 16.7 Å². The van der Waals surface area contributed by atoms with Gasteiger partial charge < -0.3 is 12.9 Å². The summed E-state index contributed by atoms with van der Waals surface area (Å²) in [6, 6.07) is 2.97.